The van der Waals surface area contributed by atoms with Crippen molar-refractivity contribution in [3.05, 3.63) is 52.0 Å². The maximum atomic E-state index is 11.9. The average molecular weight is 333 g/mol. The third-order valence-corrected chi connectivity index (χ3v) is 4.66. The summed E-state index contributed by atoms with van der Waals surface area (Å²) in [5.41, 5.74) is 1.08. The number of amides is 2. The molecule has 0 radical (unpaired) electrons. The number of aryl methyl sites for hydroxylation is 1. The van der Waals surface area contributed by atoms with Crippen LogP contribution in [0, 0.1) is 0 Å². The average Bonchev–Trinajstić information content (AvgIpc) is 3.03. The van der Waals surface area contributed by atoms with Gasteiger partial charge in [-0.05, 0) is 18.4 Å². The van der Waals surface area contributed by atoms with Gasteiger partial charge in [-0.3, -0.25) is 0 Å². The Hall–Kier alpha value is -1.92. The SMILES string of the molecule is CCc1cnc(CCNC(=O)NC(CO)Cc2ccccc2)s1. The van der Waals surface area contributed by atoms with E-state index < -0.39 is 0 Å². The predicted octanol–water partition coefficient (Wildman–Crippen LogP) is 2.15. The van der Waals surface area contributed by atoms with Crippen LogP contribution in [0.1, 0.15) is 22.4 Å². The summed E-state index contributed by atoms with van der Waals surface area (Å²) in [5, 5.41) is 16.1. The summed E-state index contributed by atoms with van der Waals surface area (Å²) in [7, 11) is 0. The number of hydrogen-bond donors (Lipinski definition) is 3. The molecule has 0 saturated carbocycles. The highest BCUT2D eigenvalue weighted by Crippen LogP contribution is 2.13. The topological polar surface area (TPSA) is 74.2 Å². The number of aromatic nitrogens is 1. The van der Waals surface area contributed by atoms with Crippen molar-refractivity contribution < 1.29 is 9.90 Å². The van der Waals surface area contributed by atoms with E-state index in [1.165, 1.54) is 4.88 Å². The second-order valence-corrected chi connectivity index (χ2v) is 6.49. The smallest absolute Gasteiger partial charge is 0.315 e. The minimum Gasteiger partial charge on any atom is -0.394 e. The predicted molar refractivity (Wildman–Crippen MR) is 92.8 cm³/mol. The Morgan fingerprint density at radius 3 is 2.78 bits per heavy atom. The highest BCUT2D eigenvalue weighted by atomic mass is 32.1. The van der Waals surface area contributed by atoms with Gasteiger partial charge in [-0.15, -0.1) is 11.3 Å². The van der Waals surface area contributed by atoms with Gasteiger partial charge in [-0.1, -0.05) is 37.3 Å². The third-order valence-electron chi connectivity index (χ3n) is 3.45. The van der Waals surface area contributed by atoms with E-state index in [0.29, 0.717) is 13.0 Å². The minimum atomic E-state index is -0.288. The highest BCUT2D eigenvalue weighted by molar-refractivity contribution is 7.11. The van der Waals surface area contributed by atoms with Gasteiger partial charge >= 0.3 is 6.03 Å². The first kappa shape index (κ1) is 17.4. The zero-order chi connectivity index (χ0) is 16.5. The number of nitrogens with one attached hydrogen (secondary N) is 2. The molecule has 1 aromatic heterocycles. The lowest BCUT2D eigenvalue weighted by atomic mass is 10.1. The van der Waals surface area contributed by atoms with Crippen molar-refractivity contribution in [1.82, 2.24) is 15.6 Å². The molecule has 0 aliphatic carbocycles. The van der Waals surface area contributed by atoms with E-state index in [2.05, 4.69) is 22.5 Å². The summed E-state index contributed by atoms with van der Waals surface area (Å²) in [6.07, 6.45) is 4.21. The van der Waals surface area contributed by atoms with E-state index in [0.717, 1.165) is 23.4 Å². The quantitative estimate of drug-likeness (QED) is 0.693. The number of nitrogens with zero attached hydrogens (tertiary/aromatic N) is 1. The Balaban J connectivity index is 1.72. The zero-order valence-electron chi connectivity index (χ0n) is 13.3. The van der Waals surface area contributed by atoms with Crippen molar-refractivity contribution in [1.29, 1.82) is 0 Å². The van der Waals surface area contributed by atoms with Crippen LogP contribution in [0.4, 0.5) is 4.79 Å². The first-order valence-corrected chi connectivity index (χ1v) is 8.65. The number of benzene rings is 1. The van der Waals surface area contributed by atoms with Crippen molar-refractivity contribution >= 4 is 17.4 Å². The van der Waals surface area contributed by atoms with Crippen LogP contribution in [-0.2, 0) is 19.3 Å². The van der Waals surface area contributed by atoms with Gasteiger partial charge < -0.3 is 15.7 Å². The zero-order valence-corrected chi connectivity index (χ0v) is 14.1. The molecule has 1 unspecified atom stereocenters. The summed E-state index contributed by atoms with van der Waals surface area (Å²) < 4.78 is 0. The molecule has 0 aliphatic rings. The Morgan fingerprint density at radius 1 is 1.35 bits per heavy atom. The molecule has 1 aromatic carbocycles. The summed E-state index contributed by atoms with van der Waals surface area (Å²) in [6.45, 7) is 2.55. The van der Waals surface area contributed by atoms with Crippen LogP contribution in [0.3, 0.4) is 0 Å². The molecule has 1 heterocycles. The number of aliphatic hydroxyl groups excluding tert-OH is 1. The van der Waals surface area contributed by atoms with Crippen molar-refractivity contribution in [2.75, 3.05) is 13.2 Å². The molecule has 0 fully saturated rings. The lowest BCUT2D eigenvalue weighted by molar-refractivity contribution is 0.216. The molecular weight excluding hydrogens is 310 g/mol. The lowest BCUT2D eigenvalue weighted by Crippen LogP contribution is -2.45. The number of thiazole rings is 1. The van der Waals surface area contributed by atoms with Crippen LogP contribution in [0.15, 0.2) is 36.5 Å². The summed E-state index contributed by atoms with van der Waals surface area (Å²) in [5.74, 6) is 0. The van der Waals surface area contributed by atoms with E-state index in [1.807, 2.05) is 36.5 Å². The van der Waals surface area contributed by atoms with E-state index in [-0.39, 0.29) is 18.7 Å². The Morgan fingerprint density at radius 2 is 2.13 bits per heavy atom. The standard InChI is InChI=1S/C17H23N3O2S/c1-2-15-11-19-16(23-15)8-9-18-17(22)20-14(12-21)10-13-6-4-3-5-7-13/h3-7,11,14,21H,2,8-10,12H2,1H3,(H2,18,20,22). The molecule has 0 saturated heterocycles. The van der Waals surface area contributed by atoms with Crippen molar-refractivity contribution in [3.8, 4) is 0 Å². The maximum absolute atomic E-state index is 11.9. The van der Waals surface area contributed by atoms with Crippen molar-refractivity contribution in [2.24, 2.45) is 0 Å². The van der Waals surface area contributed by atoms with Gasteiger partial charge in [0.15, 0.2) is 0 Å². The van der Waals surface area contributed by atoms with E-state index in [4.69, 9.17) is 0 Å². The molecule has 124 valence electrons. The largest absolute Gasteiger partial charge is 0.394 e. The number of urea groups is 1. The fourth-order valence-electron chi connectivity index (χ4n) is 2.21. The molecule has 0 bridgehead atoms. The molecule has 0 spiro atoms. The second-order valence-electron chi connectivity index (χ2n) is 5.29. The molecule has 0 aliphatic heterocycles. The monoisotopic (exact) mass is 333 g/mol. The number of aliphatic hydroxyl groups is 1. The van der Waals surface area contributed by atoms with Gasteiger partial charge in [0.1, 0.15) is 0 Å². The van der Waals surface area contributed by atoms with Crippen LogP contribution < -0.4 is 10.6 Å². The molecule has 1 atom stereocenters. The number of hydrogen-bond acceptors (Lipinski definition) is 4. The van der Waals surface area contributed by atoms with Gasteiger partial charge in [0.2, 0.25) is 0 Å². The maximum Gasteiger partial charge on any atom is 0.315 e. The second kappa shape index (κ2) is 9.27. The van der Waals surface area contributed by atoms with Crippen LogP contribution >= 0.6 is 11.3 Å². The van der Waals surface area contributed by atoms with E-state index in [1.54, 1.807) is 11.3 Å². The number of rotatable bonds is 8. The fraction of sp³-hybridized carbons (Fsp3) is 0.412. The Kier molecular flexibility index (Phi) is 7.03. The third kappa shape index (κ3) is 6.00. The van der Waals surface area contributed by atoms with Crippen molar-refractivity contribution in [2.45, 2.75) is 32.2 Å². The molecule has 23 heavy (non-hydrogen) atoms. The summed E-state index contributed by atoms with van der Waals surface area (Å²) in [6, 6.07) is 9.26. The van der Waals surface area contributed by atoms with Gasteiger partial charge in [-0.2, -0.15) is 0 Å². The molecule has 2 aromatic rings. The summed E-state index contributed by atoms with van der Waals surface area (Å²) in [4.78, 5) is 17.5. The Labute approximate surface area is 140 Å². The van der Waals surface area contributed by atoms with Gasteiger partial charge in [0, 0.05) is 24.0 Å². The molecule has 6 heteroatoms. The van der Waals surface area contributed by atoms with Gasteiger partial charge in [0.05, 0.1) is 17.7 Å². The first-order chi connectivity index (χ1) is 11.2. The molecule has 2 amide bonds. The van der Waals surface area contributed by atoms with Gasteiger partial charge in [-0.25, -0.2) is 9.78 Å². The Bertz CT molecular complexity index is 601. The molecule has 2 rings (SSSR count). The van der Waals surface area contributed by atoms with Gasteiger partial charge in [0.25, 0.3) is 0 Å². The minimum absolute atomic E-state index is 0.0886. The first-order valence-electron chi connectivity index (χ1n) is 7.84. The molecular formula is C17H23N3O2S. The van der Waals surface area contributed by atoms with E-state index in [9.17, 15) is 9.90 Å². The van der Waals surface area contributed by atoms with Crippen LogP contribution in [-0.4, -0.2) is 35.3 Å². The number of carbonyl (C=O) groups excluding carboxylic acids is 1. The summed E-state index contributed by atoms with van der Waals surface area (Å²) >= 11 is 1.68. The molecule has 5 nitrogen and oxygen atoms in total. The molecule has 3 N–H and O–H groups in total. The van der Waals surface area contributed by atoms with E-state index >= 15 is 0 Å². The van der Waals surface area contributed by atoms with Crippen LogP contribution in [0.25, 0.3) is 0 Å². The lowest BCUT2D eigenvalue weighted by Gasteiger charge is -2.16. The number of carbonyl (C=O) groups is 1. The van der Waals surface area contributed by atoms with Crippen LogP contribution in [0.2, 0.25) is 0 Å². The van der Waals surface area contributed by atoms with Crippen LogP contribution in [0.5, 0.6) is 0 Å². The highest BCUT2D eigenvalue weighted by Gasteiger charge is 2.11. The van der Waals surface area contributed by atoms with Crippen molar-refractivity contribution in [3.63, 3.8) is 0 Å². The fourth-order valence-corrected chi connectivity index (χ4v) is 3.07. The normalized spacial score (nSPS) is 11.9.